The summed E-state index contributed by atoms with van der Waals surface area (Å²) in [4.78, 5) is 0. The van der Waals surface area contributed by atoms with Gasteiger partial charge in [-0.25, -0.2) is 0 Å². The van der Waals surface area contributed by atoms with Crippen LogP contribution in [0.3, 0.4) is 0 Å². The van der Waals surface area contributed by atoms with Gasteiger partial charge in [0.05, 0.1) is 19.9 Å². The van der Waals surface area contributed by atoms with Gasteiger partial charge < -0.3 is 9.47 Å². The van der Waals surface area contributed by atoms with Crippen LogP contribution in [0.25, 0.3) is 10.8 Å². The van der Waals surface area contributed by atoms with Gasteiger partial charge in [0.1, 0.15) is 5.75 Å². The highest BCUT2D eigenvalue weighted by atomic mass is 16.5. The van der Waals surface area contributed by atoms with Crippen LogP contribution < -0.4 is 9.47 Å². The molecule has 0 saturated heterocycles. The van der Waals surface area contributed by atoms with Crippen LogP contribution in [0.4, 0.5) is 0 Å². The van der Waals surface area contributed by atoms with E-state index in [1.165, 1.54) is 0 Å². The van der Waals surface area contributed by atoms with Crippen LogP contribution in [0.15, 0.2) is 24.4 Å². The Morgan fingerprint density at radius 3 is 2.93 bits per heavy atom. The van der Waals surface area contributed by atoms with Crippen LogP contribution in [0.1, 0.15) is 6.92 Å². The number of methoxy groups -OCH3 is 1. The van der Waals surface area contributed by atoms with Crippen molar-refractivity contribution in [1.29, 1.82) is 0 Å². The molecular weight excluding hydrogens is 192 g/mol. The van der Waals surface area contributed by atoms with E-state index in [4.69, 9.17) is 9.47 Å². The van der Waals surface area contributed by atoms with Gasteiger partial charge in [-0.1, -0.05) is 0 Å². The van der Waals surface area contributed by atoms with E-state index >= 15 is 0 Å². The van der Waals surface area contributed by atoms with Crippen molar-refractivity contribution in [3.05, 3.63) is 24.4 Å². The fraction of sp³-hybridized carbons (Fsp3) is 0.273. The van der Waals surface area contributed by atoms with E-state index in [2.05, 4.69) is 10.2 Å². The standard InChI is InChI=1S/C11H12N2O2/c1-3-15-11-10-5-4-9(14-2)6-8(10)7-12-13-11/h4-7H,3H2,1-2H3. The van der Waals surface area contributed by atoms with E-state index in [-0.39, 0.29) is 0 Å². The fourth-order valence-corrected chi connectivity index (χ4v) is 1.41. The fourth-order valence-electron chi connectivity index (χ4n) is 1.41. The molecule has 0 saturated carbocycles. The second-order valence-electron chi connectivity index (χ2n) is 3.04. The van der Waals surface area contributed by atoms with Gasteiger partial charge in [-0.2, -0.15) is 5.10 Å². The molecule has 0 amide bonds. The van der Waals surface area contributed by atoms with E-state index < -0.39 is 0 Å². The van der Waals surface area contributed by atoms with Gasteiger partial charge in [0.15, 0.2) is 0 Å². The number of fused-ring (bicyclic) bond motifs is 1. The van der Waals surface area contributed by atoms with Crippen LogP contribution >= 0.6 is 0 Å². The smallest absolute Gasteiger partial charge is 0.241 e. The molecule has 0 unspecified atom stereocenters. The van der Waals surface area contributed by atoms with Crippen LogP contribution in [-0.4, -0.2) is 23.9 Å². The molecule has 2 rings (SSSR count). The second kappa shape index (κ2) is 4.13. The van der Waals surface area contributed by atoms with Gasteiger partial charge in [-0.3, -0.25) is 0 Å². The third-order valence-electron chi connectivity index (χ3n) is 2.12. The first-order valence-electron chi connectivity index (χ1n) is 4.77. The second-order valence-corrected chi connectivity index (χ2v) is 3.04. The zero-order chi connectivity index (χ0) is 10.7. The maximum absolute atomic E-state index is 5.38. The highest BCUT2D eigenvalue weighted by Crippen LogP contribution is 2.25. The summed E-state index contributed by atoms with van der Waals surface area (Å²) in [6.07, 6.45) is 1.69. The molecule has 0 spiro atoms. The molecule has 4 nitrogen and oxygen atoms in total. The molecule has 0 bridgehead atoms. The lowest BCUT2D eigenvalue weighted by Crippen LogP contribution is -1.96. The minimum atomic E-state index is 0.567. The molecule has 0 atom stereocenters. The average Bonchev–Trinajstić information content (AvgIpc) is 2.29. The van der Waals surface area contributed by atoms with Gasteiger partial charge >= 0.3 is 0 Å². The molecule has 0 N–H and O–H groups in total. The molecular formula is C11H12N2O2. The van der Waals surface area contributed by atoms with Gasteiger partial charge in [0.2, 0.25) is 5.88 Å². The molecule has 1 aromatic carbocycles. The molecule has 0 aliphatic heterocycles. The third kappa shape index (κ3) is 1.83. The Kier molecular flexibility index (Phi) is 2.67. The quantitative estimate of drug-likeness (QED) is 0.767. The Balaban J connectivity index is 2.56. The Labute approximate surface area is 87.8 Å². The van der Waals surface area contributed by atoms with Crippen molar-refractivity contribution >= 4 is 10.8 Å². The van der Waals surface area contributed by atoms with Gasteiger partial charge in [0.25, 0.3) is 0 Å². The number of aromatic nitrogens is 2. The summed E-state index contributed by atoms with van der Waals surface area (Å²) in [6.45, 7) is 2.50. The summed E-state index contributed by atoms with van der Waals surface area (Å²) in [5, 5.41) is 9.73. The monoisotopic (exact) mass is 204 g/mol. The lowest BCUT2D eigenvalue weighted by atomic mass is 10.2. The van der Waals surface area contributed by atoms with Crippen LogP contribution in [-0.2, 0) is 0 Å². The summed E-state index contributed by atoms with van der Waals surface area (Å²) in [6, 6.07) is 5.72. The van der Waals surface area contributed by atoms with E-state index in [0.717, 1.165) is 16.5 Å². The Bertz CT molecular complexity index is 471. The maximum Gasteiger partial charge on any atom is 0.241 e. The number of hydrogen-bond acceptors (Lipinski definition) is 4. The maximum atomic E-state index is 5.38. The van der Waals surface area contributed by atoms with Crippen LogP contribution in [0, 0.1) is 0 Å². The predicted octanol–water partition coefficient (Wildman–Crippen LogP) is 2.04. The normalized spacial score (nSPS) is 10.3. The molecule has 4 heteroatoms. The number of hydrogen-bond donors (Lipinski definition) is 0. The van der Waals surface area contributed by atoms with Crippen molar-refractivity contribution in [2.24, 2.45) is 0 Å². The lowest BCUT2D eigenvalue weighted by molar-refractivity contribution is 0.327. The summed E-state index contributed by atoms with van der Waals surface area (Å²) in [5.74, 6) is 1.37. The number of ether oxygens (including phenoxy) is 2. The third-order valence-corrected chi connectivity index (χ3v) is 2.12. The lowest BCUT2D eigenvalue weighted by Gasteiger charge is -2.06. The van der Waals surface area contributed by atoms with Crippen molar-refractivity contribution in [2.45, 2.75) is 6.92 Å². The van der Waals surface area contributed by atoms with Crippen molar-refractivity contribution in [3.8, 4) is 11.6 Å². The summed E-state index contributed by atoms with van der Waals surface area (Å²) in [5.41, 5.74) is 0. The topological polar surface area (TPSA) is 44.2 Å². The van der Waals surface area contributed by atoms with Crippen molar-refractivity contribution < 1.29 is 9.47 Å². The molecule has 15 heavy (non-hydrogen) atoms. The van der Waals surface area contributed by atoms with Crippen LogP contribution in [0.2, 0.25) is 0 Å². The van der Waals surface area contributed by atoms with Crippen molar-refractivity contribution in [1.82, 2.24) is 10.2 Å². The first-order chi connectivity index (χ1) is 7.35. The van der Waals surface area contributed by atoms with Gasteiger partial charge in [-0.15, -0.1) is 5.10 Å². The molecule has 78 valence electrons. The Hall–Kier alpha value is -1.84. The summed E-state index contributed by atoms with van der Waals surface area (Å²) < 4.78 is 10.5. The number of nitrogens with zero attached hydrogens (tertiary/aromatic N) is 2. The van der Waals surface area contributed by atoms with Gasteiger partial charge in [-0.05, 0) is 25.1 Å². The van der Waals surface area contributed by atoms with Crippen molar-refractivity contribution in [3.63, 3.8) is 0 Å². The molecule has 0 aliphatic rings. The first-order valence-corrected chi connectivity index (χ1v) is 4.77. The van der Waals surface area contributed by atoms with Crippen LogP contribution in [0.5, 0.6) is 11.6 Å². The average molecular weight is 204 g/mol. The minimum absolute atomic E-state index is 0.567. The molecule has 1 aromatic heterocycles. The van der Waals surface area contributed by atoms with E-state index in [1.807, 2.05) is 25.1 Å². The highest BCUT2D eigenvalue weighted by molar-refractivity contribution is 5.87. The zero-order valence-electron chi connectivity index (χ0n) is 8.73. The largest absolute Gasteiger partial charge is 0.497 e. The predicted molar refractivity (Wildman–Crippen MR) is 57.3 cm³/mol. The van der Waals surface area contributed by atoms with Gasteiger partial charge in [0, 0.05) is 10.8 Å². The molecule has 0 radical (unpaired) electrons. The number of benzene rings is 1. The molecule has 2 aromatic rings. The SMILES string of the molecule is CCOc1nncc2cc(OC)ccc12. The van der Waals surface area contributed by atoms with Crippen molar-refractivity contribution in [2.75, 3.05) is 13.7 Å². The number of rotatable bonds is 3. The summed E-state index contributed by atoms with van der Waals surface area (Å²) in [7, 11) is 1.64. The highest BCUT2D eigenvalue weighted by Gasteiger charge is 2.04. The van der Waals surface area contributed by atoms with E-state index in [1.54, 1.807) is 13.3 Å². The molecule has 1 heterocycles. The van der Waals surface area contributed by atoms with E-state index in [0.29, 0.717) is 12.5 Å². The first kappa shape index (κ1) is 9.71. The molecule has 0 fully saturated rings. The Morgan fingerprint density at radius 1 is 1.33 bits per heavy atom. The molecule has 0 aliphatic carbocycles. The zero-order valence-corrected chi connectivity index (χ0v) is 8.73. The van der Waals surface area contributed by atoms with E-state index in [9.17, 15) is 0 Å². The minimum Gasteiger partial charge on any atom is -0.497 e. The Morgan fingerprint density at radius 2 is 2.20 bits per heavy atom. The summed E-state index contributed by atoms with van der Waals surface area (Å²) >= 11 is 0.